The number of aromatic nitrogens is 4. The van der Waals surface area contributed by atoms with Crippen LogP contribution in [0.4, 0.5) is 18.9 Å². The number of halogens is 4. The van der Waals surface area contributed by atoms with Gasteiger partial charge in [0.2, 0.25) is 17.2 Å². The van der Waals surface area contributed by atoms with E-state index in [-0.39, 0.29) is 43.2 Å². The Morgan fingerprint density at radius 3 is 2.71 bits per heavy atom. The molecule has 0 unspecified atom stereocenters. The van der Waals surface area contributed by atoms with E-state index in [2.05, 4.69) is 33.1 Å². The number of nitrogens with zero attached hydrogens (tertiary/aromatic N) is 5. The largest absolute Gasteiger partial charge is 0.451 e. The molecule has 11 heteroatoms. The van der Waals surface area contributed by atoms with E-state index in [0.717, 1.165) is 26.9 Å². The van der Waals surface area contributed by atoms with E-state index in [4.69, 9.17) is 11.6 Å². The quantitative estimate of drug-likeness (QED) is 0.545. The topological polar surface area (TPSA) is 68.4 Å². The summed E-state index contributed by atoms with van der Waals surface area (Å²) in [4.78, 5) is 20.6. The SMILES string of the molecule is Cc1cc(N2CC[C@H](C(=O)N3CCn4c(nnc4C(F)(F)F)C3)[C@H](C)C2)c2ccc(Cl)cc2[nH+]1. The van der Waals surface area contributed by atoms with Gasteiger partial charge >= 0.3 is 6.18 Å². The maximum Gasteiger partial charge on any atom is 0.451 e. The van der Waals surface area contributed by atoms with Crippen LogP contribution in [0.1, 0.15) is 30.7 Å². The molecule has 180 valence electrons. The van der Waals surface area contributed by atoms with Crippen molar-refractivity contribution < 1.29 is 22.9 Å². The van der Waals surface area contributed by atoms with E-state index in [0.29, 0.717) is 24.5 Å². The molecule has 34 heavy (non-hydrogen) atoms. The number of pyridine rings is 1. The number of hydrogen-bond acceptors (Lipinski definition) is 4. The summed E-state index contributed by atoms with van der Waals surface area (Å²) in [6.45, 7) is 5.80. The van der Waals surface area contributed by atoms with Crippen LogP contribution in [0.2, 0.25) is 5.02 Å². The summed E-state index contributed by atoms with van der Waals surface area (Å²) < 4.78 is 40.4. The number of H-pyrrole nitrogens is 1. The lowest BCUT2D eigenvalue weighted by molar-refractivity contribution is -0.354. The van der Waals surface area contributed by atoms with Gasteiger partial charge in [0, 0.05) is 56.2 Å². The Labute approximate surface area is 199 Å². The predicted molar refractivity (Wildman–Crippen MR) is 120 cm³/mol. The highest BCUT2D eigenvalue weighted by molar-refractivity contribution is 6.31. The molecular formula is C23H25ClF3N6O+. The minimum absolute atomic E-state index is 0.0239. The number of aryl methyl sites for hydroxylation is 1. The smallest absolute Gasteiger partial charge is 0.370 e. The molecule has 2 aromatic heterocycles. The number of alkyl halides is 3. The second-order valence-electron chi connectivity index (χ2n) is 9.19. The average molecular weight is 494 g/mol. The van der Waals surface area contributed by atoms with E-state index < -0.39 is 12.0 Å². The van der Waals surface area contributed by atoms with E-state index in [1.165, 1.54) is 0 Å². The number of carbonyl (C=O) groups is 1. The van der Waals surface area contributed by atoms with Gasteiger partial charge in [-0.25, -0.2) is 4.98 Å². The second kappa shape index (κ2) is 8.41. The van der Waals surface area contributed by atoms with Crippen molar-refractivity contribution in [1.82, 2.24) is 19.7 Å². The van der Waals surface area contributed by atoms with Gasteiger partial charge in [-0.2, -0.15) is 13.2 Å². The van der Waals surface area contributed by atoms with Crippen LogP contribution in [0.3, 0.4) is 0 Å². The van der Waals surface area contributed by atoms with E-state index in [1.54, 1.807) is 4.90 Å². The van der Waals surface area contributed by atoms with Gasteiger partial charge in [-0.15, -0.1) is 10.2 Å². The van der Waals surface area contributed by atoms with Crippen LogP contribution in [-0.4, -0.2) is 45.2 Å². The fourth-order valence-corrected chi connectivity index (χ4v) is 5.33. The summed E-state index contributed by atoms with van der Waals surface area (Å²) in [6, 6.07) is 7.90. The van der Waals surface area contributed by atoms with Crippen molar-refractivity contribution in [1.29, 1.82) is 0 Å². The molecule has 0 spiro atoms. The predicted octanol–water partition coefficient (Wildman–Crippen LogP) is 3.73. The zero-order valence-electron chi connectivity index (χ0n) is 18.9. The Hall–Kier alpha value is -2.88. The lowest BCUT2D eigenvalue weighted by Crippen LogP contribution is -2.49. The van der Waals surface area contributed by atoms with Crippen molar-refractivity contribution in [2.45, 2.75) is 39.5 Å². The molecule has 5 rings (SSSR count). The average Bonchev–Trinajstić information content (AvgIpc) is 3.21. The maximum absolute atomic E-state index is 13.3. The summed E-state index contributed by atoms with van der Waals surface area (Å²) in [5, 5.41) is 8.73. The fourth-order valence-electron chi connectivity index (χ4n) is 5.16. The third-order valence-corrected chi connectivity index (χ3v) is 7.06. The summed E-state index contributed by atoms with van der Waals surface area (Å²) in [6.07, 6.45) is -3.88. The molecule has 1 saturated heterocycles. The summed E-state index contributed by atoms with van der Waals surface area (Å²) in [5.74, 6) is -0.953. The fraction of sp³-hybridized carbons (Fsp3) is 0.478. The van der Waals surface area contributed by atoms with Gasteiger partial charge in [-0.1, -0.05) is 18.5 Å². The number of rotatable bonds is 2. The number of fused-ring (bicyclic) bond motifs is 2. The molecule has 3 aromatic rings. The van der Waals surface area contributed by atoms with Crippen LogP contribution in [0.15, 0.2) is 24.3 Å². The first-order valence-electron chi connectivity index (χ1n) is 11.3. The Bertz CT molecular complexity index is 1250. The lowest BCUT2D eigenvalue weighted by atomic mass is 9.85. The van der Waals surface area contributed by atoms with Crippen LogP contribution in [-0.2, 0) is 24.1 Å². The Kier molecular flexibility index (Phi) is 5.66. The molecule has 1 aromatic carbocycles. The Balaban J connectivity index is 1.31. The first-order valence-corrected chi connectivity index (χ1v) is 11.6. The summed E-state index contributed by atoms with van der Waals surface area (Å²) in [7, 11) is 0. The third-order valence-electron chi connectivity index (χ3n) is 6.82. The second-order valence-corrected chi connectivity index (χ2v) is 9.63. The minimum atomic E-state index is -4.55. The first-order chi connectivity index (χ1) is 16.1. The molecule has 0 radical (unpaired) electrons. The van der Waals surface area contributed by atoms with Crippen molar-refractivity contribution in [2.75, 3.05) is 24.5 Å². The van der Waals surface area contributed by atoms with Crippen molar-refractivity contribution >= 4 is 34.1 Å². The number of nitrogens with one attached hydrogen (secondary N) is 1. The molecule has 0 aliphatic carbocycles. The van der Waals surface area contributed by atoms with Crippen molar-refractivity contribution in [3.05, 3.63) is 46.6 Å². The van der Waals surface area contributed by atoms with Gasteiger partial charge in [0.05, 0.1) is 17.6 Å². The van der Waals surface area contributed by atoms with Crippen LogP contribution < -0.4 is 9.88 Å². The molecule has 0 saturated carbocycles. The molecule has 1 amide bonds. The number of benzene rings is 1. The van der Waals surface area contributed by atoms with Crippen LogP contribution >= 0.6 is 11.6 Å². The highest BCUT2D eigenvalue weighted by Gasteiger charge is 2.41. The molecule has 2 aliphatic heterocycles. The van der Waals surface area contributed by atoms with Gasteiger partial charge in [0.15, 0.2) is 11.5 Å². The molecule has 7 nitrogen and oxygen atoms in total. The molecule has 4 heterocycles. The summed E-state index contributed by atoms with van der Waals surface area (Å²) >= 11 is 6.17. The van der Waals surface area contributed by atoms with Gasteiger partial charge < -0.3 is 14.4 Å². The molecule has 0 bridgehead atoms. The van der Waals surface area contributed by atoms with Gasteiger partial charge in [-0.3, -0.25) is 4.79 Å². The van der Waals surface area contributed by atoms with E-state index in [1.807, 2.05) is 25.1 Å². The molecule has 1 fully saturated rings. The standard InChI is InChI=1S/C23H24ClF3N6O/c1-13-11-31(19-9-14(2)28-18-10-15(24)3-4-17(18)19)6-5-16(13)21(34)32-7-8-33-20(12-32)29-30-22(33)23(25,26)27/h3-4,9-10,13,16H,5-8,11-12H2,1-2H3/p+1/t13-,16+/m1/s1. The monoisotopic (exact) mass is 493 g/mol. The van der Waals surface area contributed by atoms with E-state index in [9.17, 15) is 18.0 Å². The normalized spacial score (nSPS) is 21.1. The van der Waals surface area contributed by atoms with E-state index >= 15 is 0 Å². The number of aromatic amines is 1. The number of piperidine rings is 1. The Morgan fingerprint density at radius 1 is 1.18 bits per heavy atom. The molecule has 2 aliphatic rings. The molecular weight excluding hydrogens is 469 g/mol. The first kappa shape index (κ1) is 22.9. The number of anilines is 1. The van der Waals surface area contributed by atoms with Crippen molar-refractivity contribution in [3.63, 3.8) is 0 Å². The summed E-state index contributed by atoms with van der Waals surface area (Å²) in [5.41, 5.74) is 3.08. The van der Waals surface area contributed by atoms with Crippen LogP contribution in [0.25, 0.3) is 10.9 Å². The number of amides is 1. The number of carbonyl (C=O) groups excluding carboxylic acids is 1. The van der Waals surface area contributed by atoms with Gasteiger partial charge in [0.25, 0.3) is 0 Å². The third kappa shape index (κ3) is 4.08. The Morgan fingerprint density at radius 2 is 1.97 bits per heavy atom. The molecule has 2 atom stereocenters. The molecule has 1 N–H and O–H groups in total. The highest BCUT2D eigenvalue weighted by Crippen LogP contribution is 2.34. The highest BCUT2D eigenvalue weighted by atomic mass is 35.5. The zero-order chi connectivity index (χ0) is 24.2. The van der Waals surface area contributed by atoms with Crippen LogP contribution in [0, 0.1) is 18.8 Å². The van der Waals surface area contributed by atoms with Crippen LogP contribution in [0.5, 0.6) is 0 Å². The van der Waals surface area contributed by atoms with Gasteiger partial charge in [0.1, 0.15) is 0 Å². The van der Waals surface area contributed by atoms with Crippen molar-refractivity contribution in [3.8, 4) is 0 Å². The van der Waals surface area contributed by atoms with Crippen molar-refractivity contribution in [2.24, 2.45) is 11.8 Å². The lowest BCUT2D eigenvalue weighted by Gasteiger charge is -2.40. The zero-order valence-corrected chi connectivity index (χ0v) is 19.6. The van der Waals surface area contributed by atoms with Gasteiger partial charge in [-0.05, 0) is 24.5 Å². The maximum atomic E-state index is 13.3. The number of hydrogen-bond donors (Lipinski definition) is 0. The minimum Gasteiger partial charge on any atom is -0.370 e.